The lowest BCUT2D eigenvalue weighted by Crippen LogP contribution is -2.45. The number of aromatic nitrogens is 2. The van der Waals surface area contributed by atoms with Crippen LogP contribution in [0.1, 0.15) is 61.9 Å². The second kappa shape index (κ2) is 14.3. The van der Waals surface area contributed by atoms with Crippen LogP contribution in [-0.4, -0.2) is 28.7 Å². The third kappa shape index (κ3) is 7.12. The Morgan fingerprint density at radius 3 is 1.95 bits per heavy atom. The molecule has 0 spiro atoms. The number of imidazole rings is 1. The van der Waals surface area contributed by atoms with E-state index in [1.54, 1.807) is 0 Å². The highest BCUT2D eigenvalue weighted by Gasteiger charge is 2.35. The van der Waals surface area contributed by atoms with Crippen molar-refractivity contribution >= 4 is 12.0 Å². The normalized spacial score (nSPS) is 11.9. The van der Waals surface area contributed by atoms with Crippen LogP contribution in [0.2, 0.25) is 0 Å². The van der Waals surface area contributed by atoms with Gasteiger partial charge in [0, 0.05) is 18.3 Å². The first kappa shape index (κ1) is 28.1. The number of nitrogens with one attached hydrogen (secondary N) is 1. The number of esters is 1. The quantitative estimate of drug-likeness (QED) is 0.0841. The number of carbonyl (C=O) groups excluding carboxylic acids is 1. The summed E-state index contributed by atoms with van der Waals surface area (Å²) in [5.74, 6) is -0.277. The van der Waals surface area contributed by atoms with Gasteiger partial charge in [-0.25, -0.2) is 9.78 Å². The Labute approximate surface area is 232 Å². The molecule has 0 fully saturated rings. The Morgan fingerprint density at radius 1 is 0.872 bits per heavy atom. The summed E-state index contributed by atoms with van der Waals surface area (Å²) >= 11 is 0. The molecule has 0 saturated heterocycles. The van der Waals surface area contributed by atoms with Gasteiger partial charge in [0.25, 0.3) is 0 Å². The molecule has 0 unspecified atom stereocenters. The van der Waals surface area contributed by atoms with Gasteiger partial charge in [-0.15, -0.1) is 0 Å². The van der Waals surface area contributed by atoms with Gasteiger partial charge in [0.05, 0.1) is 24.2 Å². The van der Waals surface area contributed by atoms with Crippen molar-refractivity contribution < 1.29 is 9.53 Å². The van der Waals surface area contributed by atoms with Crippen molar-refractivity contribution in [3.05, 3.63) is 131 Å². The summed E-state index contributed by atoms with van der Waals surface area (Å²) in [6.45, 7) is 5.98. The minimum atomic E-state index is -0.532. The number of hydrogen-bond donors (Lipinski definition) is 1. The molecule has 4 rings (SSSR count). The average Bonchev–Trinajstić information content (AvgIpc) is 3.44. The topological polar surface area (TPSA) is 56.2 Å². The van der Waals surface area contributed by atoms with E-state index in [4.69, 9.17) is 4.74 Å². The summed E-state index contributed by atoms with van der Waals surface area (Å²) in [7, 11) is 0. The van der Waals surface area contributed by atoms with Crippen LogP contribution in [0.15, 0.2) is 109 Å². The fourth-order valence-electron chi connectivity index (χ4n) is 4.98. The molecular weight excluding hydrogens is 482 g/mol. The molecule has 1 heterocycles. The van der Waals surface area contributed by atoms with Crippen molar-refractivity contribution in [2.24, 2.45) is 0 Å². The van der Waals surface area contributed by atoms with Crippen molar-refractivity contribution in [3.63, 3.8) is 0 Å². The fraction of sp³-hybridized carbons (Fsp3) is 0.294. The van der Waals surface area contributed by atoms with E-state index in [9.17, 15) is 4.79 Å². The van der Waals surface area contributed by atoms with E-state index in [-0.39, 0.29) is 5.97 Å². The summed E-state index contributed by atoms with van der Waals surface area (Å²) in [5, 5.41) is 3.90. The molecule has 0 radical (unpaired) electrons. The maximum Gasteiger partial charge on any atom is 0.334 e. The minimum absolute atomic E-state index is 0.277. The maximum absolute atomic E-state index is 12.8. The summed E-state index contributed by atoms with van der Waals surface area (Å²) in [6, 6.07) is 31.7. The monoisotopic (exact) mass is 521 g/mol. The van der Waals surface area contributed by atoms with Crippen LogP contribution < -0.4 is 5.32 Å². The zero-order valence-electron chi connectivity index (χ0n) is 23.1. The Bertz CT molecular complexity index is 1220. The first-order valence-electron chi connectivity index (χ1n) is 14.0. The van der Waals surface area contributed by atoms with Crippen molar-refractivity contribution in [2.45, 2.75) is 51.6 Å². The first-order chi connectivity index (χ1) is 19.2. The van der Waals surface area contributed by atoms with Gasteiger partial charge >= 0.3 is 5.97 Å². The molecule has 202 valence electrons. The number of hydrogen-bond acceptors (Lipinski definition) is 4. The molecule has 0 aliphatic carbocycles. The first-order valence-corrected chi connectivity index (χ1v) is 14.0. The van der Waals surface area contributed by atoms with Crippen LogP contribution in [0.5, 0.6) is 0 Å². The average molecular weight is 522 g/mol. The molecule has 39 heavy (non-hydrogen) atoms. The van der Waals surface area contributed by atoms with Crippen molar-refractivity contribution in [2.75, 3.05) is 13.2 Å². The van der Waals surface area contributed by atoms with Gasteiger partial charge < -0.3 is 9.30 Å². The lowest BCUT2D eigenvalue weighted by atomic mass is 9.77. The van der Waals surface area contributed by atoms with E-state index < -0.39 is 5.54 Å². The summed E-state index contributed by atoms with van der Waals surface area (Å²) in [5.41, 5.74) is 4.40. The molecule has 1 aromatic heterocycles. The number of aryl methyl sites for hydroxylation is 1. The van der Waals surface area contributed by atoms with Gasteiger partial charge in [-0.05, 0) is 55.5 Å². The highest BCUT2D eigenvalue weighted by Crippen LogP contribution is 2.36. The Morgan fingerprint density at radius 2 is 1.44 bits per heavy atom. The molecule has 1 N–H and O–H groups in total. The number of ether oxygens (including phenoxy) is 1. The van der Waals surface area contributed by atoms with Gasteiger partial charge in [-0.1, -0.05) is 104 Å². The van der Waals surface area contributed by atoms with Crippen LogP contribution in [0.25, 0.3) is 6.08 Å². The molecule has 0 aliphatic rings. The number of nitrogens with zero attached hydrogens (tertiary/aromatic N) is 2. The van der Waals surface area contributed by atoms with E-state index >= 15 is 0 Å². The zero-order valence-corrected chi connectivity index (χ0v) is 23.1. The molecule has 5 heteroatoms. The molecule has 0 saturated carbocycles. The van der Waals surface area contributed by atoms with E-state index in [2.05, 4.69) is 94.6 Å². The number of benzene rings is 3. The standard InChI is InChI=1S/C34H39N3O2/c1-3-5-24-37-26-32(35-27-37)25-28(33(38)39-4-2)16-15-23-36-34(29-17-9-6-10-18-29,30-19-11-7-12-20-30)31-21-13-8-14-22-31/h6-14,17-22,25-27,36H,3-5,15-16,23-24H2,1-2H3/b28-25+. The lowest BCUT2D eigenvalue weighted by Gasteiger charge is -2.37. The van der Waals surface area contributed by atoms with E-state index in [0.717, 1.165) is 31.5 Å². The van der Waals surface area contributed by atoms with Crippen LogP contribution in [0, 0.1) is 0 Å². The predicted octanol–water partition coefficient (Wildman–Crippen LogP) is 6.99. The number of carbonyl (C=O) groups is 1. The van der Waals surface area contributed by atoms with Crippen molar-refractivity contribution in [3.8, 4) is 0 Å². The van der Waals surface area contributed by atoms with Crippen LogP contribution >= 0.6 is 0 Å². The smallest absolute Gasteiger partial charge is 0.334 e. The van der Waals surface area contributed by atoms with Crippen molar-refractivity contribution in [1.82, 2.24) is 14.9 Å². The second-order valence-electron chi connectivity index (χ2n) is 9.66. The van der Waals surface area contributed by atoms with E-state index in [0.29, 0.717) is 25.1 Å². The summed E-state index contributed by atoms with van der Waals surface area (Å²) < 4.78 is 7.47. The summed E-state index contributed by atoms with van der Waals surface area (Å²) in [4.78, 5) is 17.3. The molecule has 4 aromatic rings. The highest BCUT2D eigenvalue weighted by molar-refractivity contribution is 5.93. The predicted molar refractivity (Wildman–Crippen MR) is 158 cm³/mol. The molecule has 0 aliphatic heterocycles. The molecule has 5 nitrogen and oxygen atoms in total. The molecular formula is C34H39N3O2. The van der Waals surface area contributed by atoms with E-state index in [1.165, 1.54) is 16.7 Å². The van der Waals surface area contributed by atoms with Crippen LogP contribution in [0.3, 0.4) is 0 Å². The van der Waals surface area contributed by atoms with Crippen molar-refractivity contribution in [1.29, 1.82) is 0 Å². The molecule has 0 amide bonds. The zero-order chi connectivity index (χ0) is 27.3. The third-order valence-electron chi connectivity index (χ3n) is 6.92. The molecule has 0 bridgehead atoms. The maximum atomic E-state index is 12.8. The van der Waals surface area contributed by atoms with Gasteiger partial charge in [0.1, 0.15) is 0 Å². The highest BCUT2D eigenvalue weighted by atomic mass is 16.5. The summed E-state index contributed by atoms with van der Waals surface area (Å²) in [6.07, 6.45) is 9.28. The van der Waals surface area contributed by atoms with Crippen LogP contribution in [-0.2, 0) is 21.6 Å². The number of unbranched alkanes of at least 4 members (excludes halogenated alkanes) is 1. The lowest BCUT2D eigenvalue weighted by molar-refractivity contribution is -0.138. The largest absolute Gasteiger partial charge is 0.463 e. The third-order valence-corrected chi connectivity index (χ3v) is 6.92. The van der Waals surface area contributed by atoms with Gasteiger partial charge in [0.2, 0.25) is 0 Å². The molecule has 0 atom stereocenters. The van der Waals surface area contributed by atoms with Gasteiger partial charge in [-0.3, -0.25) is 5.32 Å². The number of rotatable bonds is 14. The molecule has 3 aromatic carbocycles. The Kier molecular flexibility index (Phi) is 10.3. The van der Waals surface area contributed by atoms with E-state index in [1.807, 2.05) is 43.7 Å². The Hall–Kier alpha value is -3.96. The fourth-order valence-corrected chi connectivity index (χ4v) is 4.98. The van der Waals surface area contributed by atoms with Gasteiger partial charge in [-0.2, -0.15) is 0 Å². The van der Waals surface area contributed by atoms with Gasteiger partial charge in [0.15, 0.2) is 0 Å². The second-order valence-corrected chi connectivity index (χ2v) is 9.66. The van der Waals surface area contributed by atoms with Crippen LogP contribution in [0.4, 0.5) is 0 Å². The minimum Gasteiger partial charge on any atom is -0.463 e. The SMILES string of the molecule is CCCCn1cnc(/C=C(\CCCNC(c2ccccc2)(c2ccccc2)c2ccccc2)C(=O)OCC)c1. The Balaban J connectivity index is 1.58.